The Kier molecular flexibility index (Phi) is 6.17. The highest BCUT2D eigenvalue weighted by Crippen LogP contribution is 2.40. The van der Waals surface area contributed by atoms with Crippen molar-refractivity contribution >= 4 is 61.5 Å². The van der Waals surface area contributed by atoms with Gasteiger partial charge in [-0.15, -0.1) is 22.7 Å². The first-order chi connectivity index (χ1) is 14.1. The van der Waals surface area contributed by atoms with Crippen LogP contribution in [0.2, 0.25) is 0 Å². The average molecular weight is 448 g/mol. The molecular formula is C20H21N3O3S3. The number of thioether (sulfide) groups is 1. The third kappa shape index (κ3) is 4.31. The molecule has 152 valence electrons. The fourth-order valence-corrected chi connectivity index (χ4v) is 6.43. The normalized spacial score (nSPS) is 15.9. The summed E-state index contributed by atoms with van der Waals surface area (Å²) in [6, 6.07) is 1.97. The van der Waals surface area contributed by atoms with Crippen LogP contribution in [0.15, 0.2) is 22.8 Å². The van der Waals surface area contributed by atoms with Crippen molar-refractivity contribution in [2.75, 3.05) is 17.7 Å². The quantitative estimate of drug-likeness (QED) is 0.333. The molecular weight excluding hydrogens is 426 g/mol. The fraction of sp³-hybridized carbons (Fsp3) is 0.400. The minimum atomic E-state index is -0.349. The highest BCUT2D eigenvalue weighted by atomic mass is 32.2. The maximum atomic E-state index is 12.7. The van der Waals surface area contributed by atoms with Crippen molar-refractivity contribution in [3.8, 4) is 0 Å². The Bertz CT molecular complexity index is 1060. The zero-order valence-electron chi connectivity index (χ0n) is 16.2. The van der Waals surface area contributed by atoms with Crippen molar-refractivity contribution in [1.29, 1.82) is 0 Å². The number of fused-ring (bicyclic) bond motifs is 2. The van der Waals surface area contributed by atoms with Gasteiger partial charge in [-0.2, -0.15) is 0 Å². The Morgan fingerprint density at radius 1 is 1.38 bits per heavy atom. The second-order valence-corrected chi connectivity index (χ2v) is 9.90. The highest BCUT2D eigenvalue weighted by Gasteiger charge is 2.29. The lowest BCUT2D eigenvalue weighted by Gasteiger charge is -2.18. The summed E-state index contributed by atoms with van der Waals surface area (Å²) >= 11 is 4.43. The van der Waals surface area contributed by atoms with Crippen molar-refractivity contribution in [2.45, 2.75) is 38.1 Å². The van der Waals surface area contributed by atoms with Crippen molar-refractivity contribution in [1.82, 2.24) is 9.97 Å². The minimum absolute atomic E-state index is 0.158. The number of hydrogen-bond donors (Lipinski definition) is 1. The van der Waals surface area contributed by atoms with E-state index in [0.29, 0.717) is 23.1 Å². The largest absolute Gasteiger partial charge is 0.462 e. The van der Waals surface area contributed by atoms with E-state index in [1.165, 1.54) is 34.3 Å². The second kappa shape index (κ2) is 8.81. The Morgan fingerprint density at radius 2 is 2.24 bits per heavy atom. The molecule has 4 rings (SSSR count). The summed E-state index contributed by atoms with van der Waals surface area (Å²) in [6.07, 6.45) is 4.35. The second-order valence-electron chi connectivity index (χ2n) is 6.93. The smallest absolute Gasteiger partial charge is 0.341 e. The number of thiophene rings is 2. The van der Waals surface area contributed by atoms with Gasteiger partial charge in [0, 0.05) is 10.3 Å². The van der Waals surface area contributed by atoms with Crippen LogP contribution in [0.1, 0.15) is 41.1 Å². The summed E-state index contributed by atoms with van der Waals surface area (Å²) in [6.45, 7) is 4.32. The van der Waals surface area contributed by atoms with Crippen LogP contribution < -0.4 is 5.32 Å². The van der Waals surface area contributed by atoms with Crippen molar-refractivity contribution < 1.29 is 14.3 Å². The molecule has 0 radical (unpaired) electrons. The lowest BCUT2D eigenvalue weighted by Crippen LogP contribution is -2.17. The van der Waals surface area contributed by atoms with E-state index in [9.17, 15) is 9.59 Å². The van der Waals surface area contributed by atoms with Gasteiger partial charge in [0.05, 0.1) is 17.9 Å². The molecule has 1 N–H and O–H groups in total. The van der Waals surface area contributed by atoms with Gasteiger partial charge in [-0.05, 0) is 49.1 Å². The number of hydrogen-bond acceptors (Lipinski definition) is 8. The number of amides is 1. The number of aromatic nitrogens is 2. The topological polar surface area (TPSA) is 81.2 Å². The van der Waals surface area contributed by atoms with Crippen LogP contribution in [0.25, 0.3) is 10.2 Å². The van der Waals surface area contributed by atoms with Gasteiger partial charge >= 0.3 is 5.97 Å². The van der Waals surface area contributed by atoms with E-state index in [4.69, 9.17) is 4.74 Å². The number of nitrogens with zero attached hydrogens (tertiary/aromatic N) is 2. The summed E-state index contributed by atoms with van der Waals surface area (Å²) in [5.41, 5.74) is 1.59. The summed E-state index contributed by atoms with van der Waals surface area (Å²) in [4.78, 5) is 35.8. The molecule has 0 bridgehead atoms. The fourth-order valence-electron chi connectivity index (χ4n) is 3.44. The third-order valence-electron chi connectivity index (χ3n) is 4.81. The predicted octanol–water partition coefficient (Wildman–Crippen LogP) is 4.79. The molecule has 0 saturated carbocycles. The first-order valence-corrected chi connectivity index (χ1v) is 12.2. The Labute approximate surface area is 181 Å². The van der Waals surface area contributed by atoms with E-state index < -0.39 is 0 Å². The summed E-state index contributed by atoms with van der Waals surface area (Å²) in [7, 11) is 0. The predicted molar refractivity (Wildman–Crippen MR) is 118 cm³/mol. The van der Waals surface area contributed by atoms with Crippen LogP contribution in [-0.2, 0) is 22.4 Å². The van der Waals surface area contributed by atoms with E-state index in [1.807, 2.05) is 11.4 Å². The van der Waals surface area contributed by atoms with E-state index in [2.05, 4.69) is 22.2 Å². The van der Waals surface area contributed by atoms with Crippen LogP contribution in [0.3, 0.4) is 0 Å². The Balaban J connectivity index is 1.51. The third-order valence-corrected chi connectivity index (χ3v) is 7.81. The SMILES string of the molecule is CCOC(=O)c1c(NC(=O)CSc2ncnc3sccc23)sc2c1CCC(C)C2. The molecule has 0 aromatic carbocycles. The van der Waals surface area contributed by atoms with E-state index in [0.717, 1.165) is 40.1 Å². The van der Waals surface area contributed by atoms with E-state index in [-0.39, 0.29) is 17.6 Å². The standard InChI is InChI=1S/C20H21N3O3S3/c1-3-26-20(25)16-12-5-4-11(2)8-14(12)29-19(16)23-15(24)9-28-18-13-6-7-27-17(13)21-10-22-18/h6-7,10-11H,3-5,8-9H2,1-2H3,(H,23,24). The van der Waals surface area contributed by atoms with Crippen LogP contribution in [-0.4, -0.2) is 34.2 Å². The van der Waals surface area contributed by atoms with Gasteiger partial charge in [-0.25, -0.2) is 14.8 Å². The first kappa shape index (κ1) is 20.3. The zero-order valence-corrected chi connectivity index (χ0v) is 18.6. The summed E-state index contributed by atoms with van der Waals surface area (Å²) in [5, 5.41) is 7.27. The maximum absolute atomic E-state index is 12.7. The van der Waals surface area contributed by atoms with E-state index in [1.54, 1.807) is 18.3 Å². The first-order valence-electron chi connectivity index (χ1n) is 9.49. The van der Waals surface area contributed by atoms with E-state index >= 15 is 0 Å². The van der Waals surface area contributed by atoms with Gasteiger partial charge in [0.15, 0.2) is 0 Å². The number of nitrogens with one attached hydrogen (secondary N) is 1. The van der Waals surface area contributed by atoms with Gasteiger partial charge in [0.1, 0.15) is 21.2 Å². The molecule has 6 nitrogen and oxygen atoms in total. The molecule has 0 fully saturated rings. The molecule has 9 heteroatoms. The summed E-state index contributed by atoms with van der Waals surface area (Å²) < 4.78 is 5.27. The molecule has 0 spiro atoms. The number of carbonyl (C=O) groups is 2. The highest BCUT2D eigenvalue weighted by molar-refractivity contribution is 8.00. The van der Waals surface area contributed by atoms with Gasteiger partial charge in [0.2, 0.25) is 5.91 Å². The number of carbonyl (C=O) groups excluding carboxylic acids is 2. The number of anilines is 1. The van der Waals surface area contributed by atoms with Gasteiger partial charge < -0.3 is 10.1 Å². The number of rotatable bonds is 6. The lowest BCUT2D eigenvalue weighted by molar-refractivity contribution is -0.113. The van der Waals surface area contributed by atoms with Crippen LogP contribution in [0, 0.1) is 5.92 Å². The van der Waals surface area contributed by atoms with Gasteiger partial charge in [-0.1, -0.05) is 18.7 Å². The number of ether oxygens (including phenoxy) is 1. The molecule has 0 aliphatic heterocycles. The average Bonchev–Trinajstić information content (AvgIpc) is 3.30. The molecule has 0 saturated heterocycles. The Hall–Kier alpha value is -1.97. The molecule has 1 unspecified atom stereocenters. The Morgan fingerprint density at radius 3 is 3.07 bits per heavy atom. The lowest BCUT2D eigenvalue weighted by atomic mass is 9.88. The number of esters is 1. The molecule has 3 heterocycles. The zero-order chi connectivity index (χ0) is 20.4. The molecule has 3 aromatic rings. The van der Waals surface area contributed by atoms with Crippen LogP contribution in [0.4, 0.5) is 5.00 Å². The molecule has 1 atom stereocenters. The van der Waals surface area contributed by atoms with Gasteiger partial charge in [0.25, 0.3) is 0 Å². The molecule has 3 aromatic heterocycles. The molecule has 29 heavy (non-hydrogen) atoms. The van der Waals surface area contributed by atoms with Gasteiger partial charge in [-0.3, -0.25) is 4.79 Å². The summed E-state index contributed by atoms with van der Waals surface area (Å²) in [5.74, 6) is 0.289. The van der Waals surface area contributed by atoms with Crippen molar-refractivity contribution in [3.05, 3.63) is 33.8 Å². The molecule has 1 aliphatic rings. The molecule has 1 amide bonds. The van der Waals surface area contributed by atoms with Crippen molar-refractivity contribution in [3.63, 3.8) is 0 Å². The molecule has 1 aliphatic carbocycles. The maximum Gasteiger partial charge on any atom is 0.341 e. The van der Waals surface area contributed by atoms with Crippen LogP contribution in [0.5, 0.6) is 0 Å². The monoisotopic (exact) mass is 447 g/mol. The minimum Gasteiger partial charge on any atom is -0.462 e. The van der Waals surface area contributed by atoms with Crippen LogP contribution >= 0.6 is 34.4 Å². The van der Waals surface area contributed by atoms with Crippen molar-refractivity contribution in [2.24, 2.45) is 5.92 Å².